The summed E-state index contributed by atoms with van der Waals surface area (Å²) in [6.07, 6.45) is 4.72. The number of unbranched alkanes of at least 4 members (excludes halogenated alkanes) is 3. The molecule has 0 bridgehead atoms. The molecule has 0 saturated carbocycles. The van der Waals surface area contributed by atoms with Crippen molar-refractivity contribution in [1.29, 1.82) is 0 Å². The maximum Gasteiger partial charge on any atom is 0.243 e. The van der Waals surface area contributed by atoms with Crippen LogP contribution in [0.15, 0.2) is 42.5 Å². The van der Waals surface area contributed by atoms with Gasteiger partial charge in [0.1, 0.15) is 5.75 Å². The molecule has 0 fully saturated rings. The molecule has 2 N–H and O–H groups in total. The summed E-state index contributed by atoms with van der Waals surface area (Å²) in [6, 6.07) is 13.1. The molecule has 26 heavy (non-hydrogen) atoms. The molecule has 1 amide bonds. The molecule has 4 nitrogen and oxygen atoms in total. The van der Waals surface area contributed by atoms with Gasteiger partial charge in [-0.1, -0.05) is 49.9 Å². The second-order valence-electron chi connectivity index (χ2n) is 6.30. The Balaban J connectivity index is 1.80. The summed E-state index contributed by atoms with van der Waals surface area (Å²) >= 11 is 5.98. The monoisotopic (exact) mass is 374 g/mol. The SMILES string of the molecule is CCCCCCOc1cccc(NCC(=O)Nc2cc(Cl)ccc2C)c1. The van der Waals surface area contributed by atoms with Crippen molar-refractivity contribution in [3.8, 4) is 5.75 Å². The van der Waals surface area contributed by atoms with Crippen molar-refractivity contribution >= 4 is 28.9 Å². The maximum atomic E-state index is 12.2. The van der Waals surface area contributed by atoms with Gasteiger partial charge in [-0.15, -0.1) is 0 Å². The molecule has 0 aliphatic heterocycles. The number of anilines is 2. The van der Waals surface area contributed by atoms with Gasteiger partial charge < -0.3 is 15.4 Å². The Morgan fingerprint density at radius 3 is 2.77 bits per heavy atom. The van der Waals surface area contributed by atoms with Crippen LogP contribution >= 0.6 is 11.6 Å². The number of rotatable bonds is 10. The van der Waals surface area contributed by atoms with E-state index in [4.69, 9.17) is 16.3 Å². The van der Waals surface area contributed by atoms with Crippen molar-refractivity contribution < 1.29 is 9.53 Å². The third-order valence-electron chi connectivity index (χ3n) is 4.03. The number of nitrogens with one attached hydrogen (secondary N) is 2. The number of carbonyl (C=O) groups is 1. The number of amides is 1. The van der Waals surface area contributed by atoms with Gasteiger partial charge >= 0.3 is 0 Å². The van der Waals surface area contributed by atoms with Gasteiger partial charge in [0, 0.05) is 22.5 Å². The topological polar surface area (TPSA) is 50.4 Å². The summed E-state index contributed by atoms with van der Waals surface area (Å²) in [7, 11) is 0. The number of hydrogen-bond acceptors (Lipinski definition) is 3. The molecule has 0 heterocycles. The van der Waals surface area contributed by atoms with Gasteiger partial charge in [-0.05, 0) is 43.2 Å². The molecule has 0 aliphatic carbocycles. The maximum absolute atomic E-state index is 12.2. The lowest BCUT2D eigenvalue weighted by atomic mass is 10.2. The predicted octanol–water partition coefficient (Wildman–Crippen LogP) is 5.66. The number of carbonyl (C=O) groups excluding carboxylic acids is 1. The number of aryl methyl sites for hydroxylation is 1. The van der Waals surface area contributed by atoms with E-state index < -0.39 is 0 Å². The molecular weight excluding hydrogens is 348 g/mol. The number of halogens is 1. The smallest absolute Gasteiger partial charge is 0.243 e. The first kappa shape index (κ1) is 20.1. The fraction of sp³-hybridized carbons (Fsp3) is 0.381. The molecule has 0 spiro atoms. The van der Waals surface area contributed by atoms with Crippen LogP contribution in [-0.2, 0) is 4.79 Å². The Morgan fingerprint density at radius 2 is 1.96 bits per heavy atom. The van der Waals surface area contributed by atoms with Gasteiger partial charge in [-0.2, -0.15) is 0 Å². The average Bonchev–Trinajstić information content (AvgIpc) is 2.63. The normalized spacial score (nSPS) is 10.4. The zero-order chi connectivity index (χ0) is 18.8. The molecule has 0 aliphatic rings. The predicted molar refractivity (Wildman–Crippen MR) is 109 cm³/mol. The van der Waals surface area contributed by atoms with Crippen LogP contribution in [0.4, 0.5) is 11.4 Å². The lowest BCUT2D eigenvalue weighted by molar-refractivity contribution is -0.114. The van der Waals surface area contributed by atoms with E-state index in [1.54, 1.807) is 12.1 Å². The molecular formula is C21H27ClN2O2. The molecule has 0 radical (unpaired) electrons. The van der Waals surface area contributed by atoms with Gasteiger partial charge in [-0.25, -0.2) is 0 Å². The first-order chi connectivity index (χ1) is 12.6. The van der Waals surface area contributed by atoms with Crippen LogP contribution in [-0.4, -0.2) is 19.1 Å². The van der Waals surface area contributed by atoms with Crippen molar-refractivity contribution in [1.82, 2.24) is 0 Å². The third kappa shape index (κ3) is 6.96. The van der Waals surface area contributed by atoms with Crippen LogP contribution in [0.2, 0.25) is 5.02 Å². The van der Waals surface area contributed by atoms with Gasteiger partial charge in [0.05, 0.1) is 13.2 Å². The highest BCUT2D eigenvalue weighted by molar-refractivity contribution is 6.31. The van der Waals surface area contributed by atoms with Crippen molar-refractivity contribution in [2.75, 3.05) is 23.8 Å². The average molecular weight is 375 g/mol. The molecule has 0 unspecified atom stereocenters. The summed E-state index contributed by atoms with van der Waals surface area (Å²) < 4.78 is 5.77. The van der Waals surface area contributed by atoms with Crippen LogP contribution in [0, 0.1) is 6.92 Å². The van der Waals surface area contributed by atoms with E-state index in [0.717, 1.165) is 35.7 Å². The quantitative estimate of drug-likeness (QED) is 0.527. The Hall–Kier alpha value is -2.20. The fourth-order valence-corrected chi connectivity index (χ4v) is 2.69. The summed E-state index contributed by atoms with van der Waals surface area (Å²) in [5, 5.41) is 6.60. The molecule has 0 saturated heterocycles. The molecule has 0 aromatic heterocycles. The van der Waals surface area contributed by atoms with Gasteiger partial charge in [0.25, 0.3) is 0 Å². The molecule has 2 rings (SSSR count). The minimum absolute atomic E-state index is 0.124. The Bertz CT molecular complexity index is 719. The Labute approximate surface area is 160 Å². The fourth-order valence-electron chi connectivity index (χ4n) is 2.52. The van der Waals surface area contributed by atoms with E-state index in [2.05, 4.69) is 17.6 Å². The van der Waals surface area contributed by atoms with Crippen molar-refractivity contribution in [2.45, 2.75) is 39.5 Å². The minimum Gasteiger partial charge on any atom is -0.494 e. The highest BCUT2D eigenvalue weighted by Gasteiger charge is 2.06. The molecule has 140 valence electrons. The summed E-state index contributed by atoms with van der Waals surface area (Å²) in [5.74, 6) is 0.693. The van der Waals surface area contributed by atoms with E-state index in [-0.39, 0.29) is 12.5 Å². The van der Waals surface area contributed by atoms with Gasteiger partial charge in [-0.3, -0.25) is 4.79 Å². The van der Waals surface area contributed by atoms with E-state index in [9.17, 15) is 4.79 Å². The first-order valence-electron chi connectivity index (χ1n) is 9.11. The van der Waals surface area contributed by atoms with Crippen LogP contribution in [0.1, 0.15) is 38.2 Å². The van der Waals surface area contributed by atoms with Crippen LogP contribution in [0.25, 0.3) is 0 Å². The zero-order valence-corrected chi connectivity index (χ0v) is 16.2. The van der Waals surface area contributed by atoms with Crippen LogP contribution in [0.3, 0.4) is 0 Å². The minimum atomic E-state index is -0.124. The largest absolute Gasteiger partial charge is 0.494 e. The van der Waals surface area contributed by atoms with Crippen molar-refractivity contribution in [3.63, 3.8) is 0 Å². The number of benzene rings is 2. The highest BCUT2D eigenvalue weighted by atomic mass is 35.5. The van der Waals surface area contributed by atoms with Gasteiger partial charge in [0.15, 0.2) is 0 Å². The summed E-state index contributed by atoms with van der Waals surface area (Å²) in [5.41, 5.74) is 2.56. The summed E-state index contributed by atoms with van der Waals surface area (Å²) in [6.45, 7) is 5.02. The molecule has 0 atom stereocenters. The molecule has 5 heteroatoms. The summed E-state index contributed by atoms with van der Waals surface area (Å²) in [4.78, 5) is 12.2. The van der Waals surface area contributed by atoms with E-state index >= 15 is 0 Å². The Morgan fingerprint density at radius 1 is 1.12 bits per heavy atom. The second kappa shape index (κ2) is 10.7. The van der Waals surface area contributed by atoms with E-state index in [1.165, 1.54) is 19.3 Å². The number of hydrogen-bond donors (Lipinski definition) is 2. The lowest BCUT2D eigenvalue weighted by Crippen LogP contribution is -2.22. The van der Waals surface area contributed by atoms with Crippen LogP contribution < -0.4 is 15.4 Å². The van der Waals surface area contributed by atoms with Gasteiger partial charge in [0.2, 0.25) is 5.91 Å². The third-order valence-corrected chi connectivity index (χ3v) is 4.26. The van der Waals surface area contributed by atoms with E-state index in [1.807, 2.05) is 37.3 Å². The van der Waals surface area contributed by atoms with Crippen molar-refractivity contribution in [3.05, 3.63) is 53.1 Å². The second-order valence-corrected chi connectivity index (χ2v) is 6.73. The highest BCUT2D eigenvalue weighted by Crippen LogP contribution is 2.20. The first-order valence-corrected chi connectivity index (χ1v) is 9.49. The molecule has 2 aromatic rings. The molecule has 2 aromatic carbocycles. The lowest BCUT2D eigenvalue weighted by Gasteiger charge is -2.11. The van der Waals surface area contributed by atoms with Crippen LogP contribution in [0.5, 0.6) is 5.75 Å². The number of ether oxygens (including phenoxy) is 1. The zero-order valence-electron chi connectivity index (χ0n) is 15.5. The standard InChI is InChI=1S/C21H27ClN2O2/c1-3-4-5-6-12-26-19-9-7-8-18(14-19)23-15-21(25)24-20-13-17(22)11-10-16(20)2/h7-11,13-14,23H,3-6,12,15H2,1-2H3,(H,24,25). The van der Waals surface area contributed by atoms with Crippen molar-refractivity contribution in [2.24, 2.45) is 0 Å². The van der Waals surface area contributed by atoms with E-state index in [0.29, 0.717) is 5.02 Å². The Kier molecular flexibility index (Phi) is 8.29.